The largest absolute Gasteiger partial charge is 0.409 e. The molecule has 3 N–H and O–H groups in total. The number of amidine groups is 1. The standard InChI is InChI=1S/C13H24N4O3/c1-10(13(14)15-19)16-4-6-17(7-5-16)12(18)9-11-3-2-8-20-11/h10-11,19H,2-9H2,1H3,(H2,14,15). The minimum atomic E-state index is -0.101. The Kier molecular flexibility index (Phi) is 5.19. The zero-order chi connectivity index (χ0) is 14.5. The van der Waals surface area contributed by atoms with E-state index >= 15 is 0 Å². The number of rotatable bonds is 4. The van der Waals surface area contributed by atoms with Crippen LogP contribution in [0.2, 0.25) is 0 Å². The minimum absolute atomic E-state index is 0.101. The number of hydrogen-bond donors (Lipinski definition) is 2. The highest BCUT2D eigenvalue weighted by Gasteiger charge is 2.28. The zero-order valence-electron chi connectivity index (χ0n) is 12.0. The summed E-state index contributed by atoms with van der Waals surface area (Å²) in [7, 11) is 0. The number of piperazine rings is 1. The minimum Gasteiger partial charge on any atom is -0.409 e. The smallest absolute Gasteiger partial charge is 0.225 e. The maximum atomic E-state index is 12.2. The third kappa shape index (κ3) is 3.61. The SMILES string of the molecule is CC(C(N)=NO)N1CCN(C(=O)CC2CCCO2)CC1. The number of hydrogen-bond acceptors (Lipinski definition) is 5. The topological polar surface area (TPSA) is 91.4 Å². The molecule has 0 radical (unpaired) electrons. The monoisotopic (exact) mass is 284 g/mol. The lowest BCUT2D eigenvalue weighted by Crippen LogP contribution is -2.54. The second kappa shape index (κ2) is 6.90. The van der Waals surface area contributed by atoms with Gasteiger partial charge in [0.1, 0.15) is 0 Å². The Bertz CT molecular complexity index is 361. The Labute approximate surface area is 119 Å². The predicted octanol–water partition coefficient (Wildman–Crippen LogP) is -0.165. The van der Waals surface area contributed by atoms with E-state index in [9.17, 15) is 4.79 Å². The number of ether oxygens (including phenoxy) is 1. The van der Waals surface area contributed by atoms with Crippen molar-refractivity contribution in [1.82, 2.24) is 9.80 Å². The molecular formula is C13H24N4O3. The fourth-order valence-electron chi connectivity index (χ4n) is 2.76. The zero-order valence-corrected chi connectivity index (χ0v) is 12.0. The summed E-state index contributed by atoms with van der Waals surface area (Å²) < 4.78 is 5.50. The van der Waals surface area contributed by atoms with Gasteiger partial charge in [-0.2, -0.15) is 0 Å². The van der Waals surface area contributed by atoms with Crippen LogP contribution in [-0.4, -0.2) is 71.7 Å². The molecule has 1 amide bonds. The van der Waals surface area contributed by atoms with Gasteiger partial charge >= 0.3 is 0 Å². The van der Waals surface area contributed by atoms with E-state index in [1.807, 2.05) is 11.8 Å². The molecule has 7 nitrogen and oxygen atoms in total. The predicted molar refractivity (Wildman–Crippen MR) is 74.6 cm³/mol. The highest BCUT2D eigenvalue weighted by atomic mass is 16.5. The van der Waals surface area contributed by atoms with E-state index in [0.29, 0.717) is 19.5 Å². The van der Waals surface area contributed by atoms with Crippen LogP contribution in [0.25, 0.3) is 0 Å². The van der Waals surface area contributed by atoms with Gasteiger partial charge in [-0.3, -0.25) is 9.69 Å². The Morgan fingerprint density at radius 3 is 2.70 bits per heavy atom. The molecule has 0 aromatic rings. The van der Waals surface area contributed by atoms with Gasteiger partial charge in [0.25, 0.3) is 0 Å². The van der Waals surface area contributed by atoms with E-state index in [2.05, 4.69) is 10.1 Å². The molecule has 2 aliphatic rings. The molecule has 2 aliphatic heterocycles. The van der Waals surface area contributed by atoms with Crippen molar-refractivity contribution in [2.24, 2.45) is 10.9 Å². The van der Waals surface area contributed by atoms with E-state index in [1.165, 1.54) is 0 Å². The van der Waals surface area contributed by atoms with Gasteiger partial charge in [-0.05, 0) is 19.8 Å². The van der Waals surface area contributed by atoms with E-state index in [4.69, 9.17) is 15.7 Å². The summed E-state index contributed by atoms with van der Waals surface area (Å²) in [5, 5.41) is 11.7. The van der Waals surface area contributed by atoms with Crippen LogP contribution < -0.4 is 5.73 Å². The van der Waals surface area contributed by atoms with Gasteiger partial charge < -0.3 is 20.6 Å². The summed E-state index contributed by atoms with van der Waals surface area (Å²) in [4.78, 5) is 16.2. The van der Waals surface area contributed by atoms with Crippen molar-refractivity contribution in [2.75, 3.05) is 32.8 Å². The Balaban J connectivity index is 1.77. The van der Waals surface area contributed by atoms with Gasteiger partial charge in [0.15, 0.2) is 5.84 Å². The lowest BCUT2D eigenvalue weighted by Gasteiger charge is -2.37. The maximum Gasteiger partial charge on any atom is 0.225 e. The summed E-state index contributed by atoms with van der Waals surface area (Å²) in [5.74, 6) is 0.386. The van der Waals surface area contributed by atoms with E-state index in [-0.39, 0.29) is 23.9 Å². The van der Waals surface area contributed by atoms with Crippen LogP contribution in [0.3, 0.4) is 0 Å². The number of nitrogens with two attached hydrogens (primary N) is 1. The molecule has 0 saturated carbocycles. The highest BCUT2D eigenvalue weighted by molar-refractivity contribution is 5.84. The molecule has 0 aromatic heterocycles. The normalized spacial score (nSPS) is 26.8. The van der Waals surface area contributed by atoms with Crippen molar-refractivity contribution in [1.29, 1.82) is 0 Å². The van der Waals surface area contributed by atoms with Crippen LogP contribution in [-0.2, 0) is 9.53 Å². The highest BCUT2D eigenvalue weighted by Crippen LogP contribution is 2.17. The third-order valence-electron chi connectivity index (χ3n) is 4.18. The summed E-state index contributed by atoms with van der Waals surface area (Å²) in [5.41, 5.74) is 5.61. The van der Waals surface area contributed by atoms with Crippen molar-refractivity contribution in [2.45, 2.75) is 38.3 Å². The average molecular weight is 284 g/mol. The summed E-state index contributed by atoms with van der Waals surface area (Å²) in [6.07, 6.45) is 2.65. The molecular weight excluding hydrogens is 260 g/mol. The first-order chi connectivity index (χ1) is 9.61. The summed E-state index contributed by atoms with van der Waals surface area (Å²) in [6.45, 7) is 5.55. The fourth-order valence-corrected chi connectivity index (χ4v) is 2.76. The Morgan fingerprint density at radius 1 is 1.45 bits per heavy atom. The molecule has 0 aromatic carbocycles. The molecule has 7 heteroatoms. The summed E-state index contributed by atoms with van der Waals surface area (Å²) in [6, 6.07) is -0.101. The molecule has 0 aliphatic carbocycles. The van der Waals surface area contributed by atoms with Crippen LogP contribution in [0.5, 0.6) is 0 Å². The molecule has 2 saturated heterocycles. The maximum absolute atomic E-state index is 12.2. The van der Waals surface area contributed by atoms with Gasteiger partial charge in [-0.1, -0.05) is 5.16 Å². The Morgan fingerprint density at radius 2 is 2.15 bits per heavy atom. The number of carbonyl (C=O) groups is 1. The first-order valence-corrected chi connectivity index (χ1v) is 7.22. The summed E-state index contributed by atoms with van der Waals surface area (Å²) >= 11 is 0. The van der Waals surface area contributed by atoms with Crippen molar-refractivity contribution in [3.63, 3.8) is 0 Å². The van der Waals surface area contributed by atoms with Gasteiger partial charge in [0, 0.05) is 32.8 Å². The number of carbonyl (C=O) groups excluding carboxylic acids is 1. The van der Waals surface area contributed by atoms with Crippen molar-refractivity contribution in [3.05, 3.63) is 0 Å². The van der Waals surface area contributed by atoms with Gasteiger partial charge in [-0.15, -0.1) is 0 Å². The van der Waals surface area contributed by atoms with Gasteiger partial charge in [0.05, 0.1) is 18.6 Å². The van der Waals surface area contributed by atoms with Gasteiger partial charge in [0.2, 0.25) is 5.91 Å². The van der Waals surface area contributed by atoms with Crippen LogP contribution in [0.1, 0.15) is 26.2 Å². The number of oxime groups is 1. The molecule has 2 fully saturated rings. The first-order valence-electron chi connectivity index (χ1n) is 7.22. The number of nitrogens with zero attached hydrogens (tertiary/aromatic N) is 3. The molecule has 0 bridgehead atoms. The fraction of sp³-hybridized carbons (Fsp3) is 0.846. The second-order valence-corrected chi connectivity index (χ2v) is 5.46. The average Bonchev–Trinajstić information content (AvgIpc) is 2.98. The van der Waals surface area contributed by atoms with Crippen molar-refractivity contribution >= 4 is 11.7 Å². The van der Waals surface area contributed by atoms with E-state index in [0.717, 1.165) is 32.5 Å². The molecule has 0 spiro atoms. The molecule has 2 heterocycles. The number of amides is 1. The van der Waals surface area contributed by atoms with Crippen LogP contribution in [0.4, 0.5) is 0 Å². The van der Waals surface area contributed by atoms with Crippen LogP contribution in [0.15, 0.2) is 5.16 Å². The molecule has 20 heavy (non-hydrogen) atoms. The molecule has 114 valence electrons. The molecule has 2 unspecified atom stereocenters. The van der Waals surface area contributed by atoms with Crippen molar-refractivity contribution in [3.8, 4) is 0 Å². The Hall–Kier alpha value is -1.34. The van der Waals surface area contributed by atoms with Crippen LogP contribution >= 0.6 is 0 Å². The first kappa shape index (κ1) is 15.1. The molecule has 2 rings (SSSR count). The van der Waals surface area contributed by atoms with E-state index < -0.39 is 0 Å². The lowest BCUT2D eigenvalue weighted by atomic mass is 10.1. The van der Waals surface area contributed by atoms with E-state index in [1.54, 1.807) is 0 Å². The molecule has 2 atom stereocenters. The third-order valence-corrected chi connectivity index (χ3v) is 4.18. The van der Waals surface area contributed by atoms with Crippen LogP contribution in [0, 0.1) is 0 Å². The lowest BCUT2D eigenvalue weighted by molar-refractivity contribution is -0.135. The second-order valence-electron chi connectivity index (χ2n) is 5.46. The quantitative estimate of drug-likeness (QED) is 0.324. The van der Waals surface area contributed by atoms with Crippen molar-refractivity contribution < 1.29 is 14.7 Å². The van der Waals surface area contributed by atoms with Gasteiger partial charge in [-0.25, -0.2) is 0 Å².